The molecule has 0 aromatic rings. The molecule has 0 saturated carbocycles. The van der Waals surface area contributed by atoms with Gasteiger partial charge in [0.15, 0.2) is 0 Å². The van der Waals surface area contributed by atoms with E-state index in [9.17, 15) is 0 Å². The summed E-state index contributed by atoms with van der Waals surface area (Å²) in [6.07, 6.45) is 38.4. The van der Waals surface area contributed by atoms with Crippen molar-refractivity contribution >= 4 is 0 Å². The fourth-order valence-electron chi connectivity index (χ4n) is 4.37. The zero-order valence-corrected chi connectivity index (χ0v) is 22.2. The molecule has 0 rings (SSSR count). The van der Waals surface area contributed by atoms with Crippen molar-refractivity contribution in [2.75, 3.05) is 14.1 Å². The van der Waals surface area contributed by atoms with Crippen LogP contribution in [0, 0.1) is 0 Å². The molecular formula is C30H59N. The number of hydrogen-bond donors (Lipinski definition) is 0. The van der Waals surface area contributed by atoms with Crippen LogP contribution in [-0.2, 0) is 0 Å². The molecule has 0 heterocycles. The molecule has 1 atom stereocenters. The van der Waals surface area contributed by atoms with Gasteiger partial charge in [-0.25, -0.2) is 0 Å². The van der Waals surface area contributed by atoms with Gasteiger partial charge in [-0.3, -0.25) is 0 Å². The van der Waals surface area contributed by atoms with Crippen molar-refractivity contribution in [3.8, 4) is 0 Å². The highest BCUT2D eigenvalue weighted by Crippen LogP contribution is 2.17. The van der Waals surface area contributed by atoms with Crippen molar-refractivity contribution in [1.29, 1.82) is 0 Å². The van der Waals surface area contributed by atoms with Crippen molar-refractivity contribution in [2.24, 2.45) is 0 Å². The summed E-state index contributed by atoms with van der Waals surface area (Å²) in [5.74, 6) is 0. The largest absolute Gasteiger partial charge is 0.306 e. The van der Waals surface area contributed by atoms with Crippen molar-refractivity contribution in [2.45, 2.75) is 155 Å². The van der Waals surface area contributed by atoms with Gasteiger partial charge in [-0.05, 0) is 59.0 Å². The summed E-state index contributed by atoms with van der Waals surface area (Å²) in [6.45, 7) is 4.57. The third kappa shape index (κ3) is 23.9. The van der Waals surface area contributed by atoms with Gasteiger partial charge in [0.1, 0.15) is 0 Å². The van der Waals surface area contributed by atoms with Gasteiger partial charge >= 0.3 is 0 Å². The molecule has 1 heteroatoms. The molecule has 0 radical (unpaired) electrons. The van der Waals surface area contributed by atoms with Gasteiger partial charge in [0.25, 0.3) is 0 Å². The highest BCUT2D eigenvalue weighted by Gasteiger charge is 2.10. The average molecular weight is 434 g/mol. The molecule has 0 saturated heterocycles. The Hall–Kier alpha value is -0.560. The van der Waals surface area contributed by atoms with Crippen LogP contribution in [0.4, 0.5) is 0 Å². The molecule has 0 aromatic carbocycles. The summed E-state index contributed by atoms with van der Waals surface area (Å²) in [4.78, 5) is 2.46. The van der Waals surface area contributed by atoms with Crippen LogP contribution < -0.4 is 0 Å². The minimum atomic E-state index is 0.813. The first-order valence-electron chi connectivity index (χ1n) is 14.2. The Balaban J connectivity index is 3.37. The van der Waals surface area contributed by atoms with E-state index in [1.165, 1.54) is 128 Å². The first-order chi connectivity index (χ1) is 15.2. The predicted octanol–water partition coefficient (Wildman–Crippen LogP) is 10.3. The van der Waals surface area contributed by atoms with Crippen molar-refractivity contribution < 1.29 is 0 Å². The smallest absolute Gasteiger partial charge is 0.00891 e. The molecule has 1 nitrogen and oxygen atoms in total. The third-order valence-corrected chi connectivity index (χ3v) is 6.61. The Morgan fingerprint density at radius 2 is 0.871 bits per heavy atom. The second-order valence-corrected chi connectivity index (χ2v) is 9.90. The Morgan fingerprint density at radius 3 is 1.35 bits per heavy atom. The highest BCUT2D eigenvalue weighted by molar-refractivity contribution is 4.92. The molecule has 184 valence electrons. The van der Waals surface area contributed by atoms with Gasteiger partial charge in [-0.15, -0.1) is 0 Å². The fourth-order valence-corrected chi connectivity index (χ4v) is 4.37. The van der Waals surface area contributed by atoms with Crippen molar-refractivity contribution in [3.63, 3.8) is 0 Å². The van der Waals surface area contributed by atoms with Crippen LogP contribution in [0.5, 0.6) is 0 Å². The van der Waals surface area contributed by atoms with Crippen LogP contribution in [0.2, 0.25) is 0 Å². The van der Waals surface area contributed by atoms with E-state index in [1.54, 1.807) is 0 Å². The lowest BCUT2D eigenvalue weighted by Crippen LogP contribution is -2.27. The maximum Gasteiger partial charge on any atom is 0.00891 e. The van der Waals surface area contributed by atoms with Crippen LogP contribution in [0.15, 0.2) is 24.3 Å². The normalized spacial score (nSPS) is 13.2. The van der Waals surface area contributed by atoms with Crippen LogP contribution in [0.25, 0.3) is 0 Å². The lowest BCUT2D eigenvalue weighted by Gasteiger charge is -2.24. The molecule has 0 aliphatic carbocycles. The zero-order chi connectivity index (χ0) is 22.8. The van der Waals surface area contributed by atoms with E-state index in [2.05, 4.69) is 57.1 Å². The number of hydrogen-bond acceptors (Lipinski definition) is 1. The number of unbranched alkanes of at least 4 members (excludes halogenated alkanes) is 15. The van der Waals surface area contributed by atoms with E-state index in [0.717, 1.165) is 12.5 Å². The number of allylic oxidation sites excluding steroid dienone is 4. The molecule has 31 heavy (non-hydrogen) atoms. The first kappa shape index (κ1) is 30.4. The number of rotatable bonds is 24. The highest BCUT2D eigenvalue weighted by atomic mass is 15.1. The predicted molar refractivity (Wildman–Crippen MR) is 144 cm³/mol. The minimum absolute atomic E-state index is 0.813. The molecule has 0 spiro atoms. The quantitative estimate of drug-likeness (QED) is 0.108. The molecule has 0 aromatic heterocycles. The molecule has 0 bridgehead atoms. The van der Waals surface area contributed by atoms with E-state index in [-0.39, 0.29) is 0 Å². The van der Waals surface area contributed by atoms with Gasteiger partial charge in [-0.2, -0.15) is 0 Å². The summed E-state index contributed by atoms with van der Waals surface area (Å²) in [7, 11) is 4.54. The van der Waals surface area contributed by atoms with Crippen LogP contribution in [0.1, 0.15) is 149 Å². The summed E-state index contributed by atoms with van der Waals surface area (Å²) >= 11 is 0. The SMILES string of the molecule is CCCCC/C=C\C/C=C\CCCCCCCCCCCC(CCCCCC)N(C)C. The summed E-state index contributed by atoms with van der Waals surface area (Å²) in [6, 6.07) is 0.813. The van der Waals surface area contributed by atoms with E-state index < -0.39 is 0 Å². The van der Waals surface area contributed by atoms with Crippen molar-refractivity contribution in [1.82, 2.24) is 4.90 Å². The van der Waals surface area contributed by atoms with E-state index in [1.807, 2.05) is 0 Å². The first-order valence-corrected chi connectivity index (χ1v) is 14.2. The maximum absolute atomic E-state index is 2.46. The molecule has 0 N–H and O–H groups in total. The monoisotopic (exact) mass is 433 g/mol. The number of nitrogens with zero attached hydrogens (tertiary/aromatic N) is 1. The second-order valence-electron chi connectivity index (χ2n) is 9.90. The zero-order valence-electron chi connectivity index (χ0n) is 22.2. The summed E-state index contributed by atoms with van der Waals surface area (Å²) in [5, 5.41) is 0. The topological polar surface area (TPSA) is 3.24 Å². The Morgan fingerprint density at radius 1 is 0.484 bits per heavy atom. The average Bonchev–Trinajstić information content (AvgIpc) is 2.76. The molecular weight excluding hydrogens is 374 g/mol. The van der Waals surface area contributed by atoms with Crippen molar-refractivity contribution in [3.05, 3.63) is 24.3 Å². The van der Waals surface area contributed by atoms with E-state index in [0.29, 0.717) is 0 Å². The molecule has 1 unspecified atom stereocenters. The van der Waals surface area contributed by atoms with Gasteiger partial charge in [0, 0.05) is 6.04 Å². The lowest BCUT2D eigenvalue weighted by molar-refractivity contribution is 0.251. The Labute approximate surface area is 198 Å². The maximum atomic E-state index is 2.46. The van der Waals surface area contributed by atoms with Gasteiger partial charge in [0.05, 0.1) is 0 Å². The molecule has 0 aliphatic rings. The Kier molecular flexibility index (Phi) is 25.2. The second kappa shape index (κ2) is 25.7. The fraction of sp³-hybridized carbons (Fsp3) is 0.867. The third-order valence-electron chi connectivity index (χ3n) is 6.61. The molecule has 0 amide bonds. The van der Waals surface area contributed by atoms with Crippen LogP contribution >= 0.6 is 0 Å². The van der Waals surface area contributed by atoms with Crippen LogP contribution in [0.3, 0.4) is 0 Å². The summed E-state index contributed by atoms with van der Waals surface area (Å²) < 4.78 is 0. The molecule has 0 fully saturated rings. The van der Waals surface area contributed by atoms with E-state index in [4.69, 9.17) is 0 Å². The summed E-state index contributed by atoms with van der Waals surface area (Å²) in [5.41, 5.74) is 0. The van der Waals surface area contributed by atoms with E-state index >= 15 is 0 Å². The standard InChI is InChI=1S/C30H59N/c1-5-7-9-11-12-13-14-15-16-17-18-19-20-21-22-23-24-25-27-29-30(31(3)4)28-26-10-8-6-2/h12-13,15-16,30H,5-11,14,17-29H2,1-4H3/b13-12-,16-15-. The lowest BCUT2D eigenvalue weighted by atomic mass is 9.99. The van der Waals surface area contributed by atoms with Gasteiger partial charge in [-0.1, -0.05) is 128 Å². The van der Waals surface area contributed by atoms with Gasteiger partial charge < -0.3 is 4.90 Å². The Bertz CT molecular complexity index is 382. The minimum Gasteiger partial charge on any atom is -0.306 e. The van der Waals surface area contributed by atoms with Gasteiger partial charge in [0.2, 0.25) is 0 Å². The molecule has 0 aliphatic heterocycles. The van der Waals surface area contributed by atoms with Crippen LogP contribution in [-0.4, -0.2) is 25.0 Å².